The maximum absolute atomic E-state index is 5.27. The molecular weight excluding hydrogens is 334 g/mol. The van der Waals surface area contributed by atoms with Gasteiger partial charge in [0.15, 0.2) is 0 Å². The molecule has 1 spiro atoms. The molecule has 27 heavy (non-hydrogen) atoms. The van der Waals surface area contributed by atoms with E-state index < -0.39 is 0 Å². The van der Waals surface area contributed by atoms with Crippen LogP contribution in [-0.2, 0) is 13.1 Å². The maximum Gasteiger partial charge on any atom is 0.118 e. The van der Waals surface area contributed by atoms with Crippen LogP contribution in [0.25, 0.3) is 0 Å². The van der Waals surface area contributed by atoms with Gasteiger partial charge in [-0.3, -0.25) is 14.8 Å². The van der Waals surface area contributed by atoms with Gasteiger partial charge in [0.05, 0.1) is 12.8 Å². The van der Waals surface area contributed by atoms with Crippen LogP contribution in [0.1, 0.15) is 36.2 Å². The van der Waals surface area contributed by atoms with E-state index in [4.69, 9.17) is 9.72 Å². The zero-order valence-corrected chi connectivity index (χ0v) is 16.7. The van der Waals surface area contributed by atoms with Crippen molar-refractivity contribution in [1.82, 2.24) is 14.8 Å². The lowest BCUT2D eigenvalue weighted by Gasteiger charge is -2.40. The lowest BCUT2D eigenvalue weighted by molar-refractivity contribution is 0.0857. The number of ether oxygens (including phenoxy) is 1. The lowest BCUT2D eigenvalue weighted by atomic mass is 9.79. The number of likely N-dealkylation sites (tertiary alicyclic amines) is 2. The predicted molar refractivity (Wildman–Crippen MR) is 109 cm³/mol. The van der Waals surface area contributed by atoms with Crippen molar-refractivity contribution < 1.29 is 4.74 Å². The molecule has 2 fully saturated rings. The molecule has 3 heterocycles. The molecule has 4 nitrogen and oxygen atoms in total. The predicted octanol–water partition coefficient (Wildman–Crippen LogP) is 3.89. The van der Waals surface area contributed by atoms with Gasteiger partial charge in [0.25, 0.3) is 0 Å². The van der Waals surface area contributed by atoms with Crippen molar-refractivity contribution in [2.45, 2.75) is 39.3 Å². The van der Waals surface area contributed by atoms with E-state index in [0.717, 1.165) is 24.5 Å². The molecule has 4 rings (SSSR count). The number of rotatable bonds is 5. The average molecular weight is 366 g/mol. The highest BCUT2D eigenvalue weighted by Gasteiger charge is 2.41. The van der Waals surface area contributed by atoms with Gasteiger partial charge in [-0.25, -0.2) is 0 Å². The van der Waals surface area contributed by atoms with Crippen molar-refractivity contribution in [1.29, 1.82) is 0 Å². The maximum atomic E-state index is 5.27. The molecule has 0 saturated carbocycles. The summed E-state index contributed by atoms with van der Waals surface area (Å²) in [7, 11) is 1.72. The number of piperidine rings is 1. The quantitative estimate of drug-likeness (QED) is 0.804. The number of nitrogens with zero attached hydrogens (tertiary/aromatic N) is 3. The fourth-order valence-electron chi connectivity index (χ4n) is 4.85. The monoisotopic (exact) mass is 365 g/mol. The Labute approximate surface area is 163 Å². The third-order valence-electron chi connectivity index (χ3n) is 6.15. The number of hydrogen-bond donors (Lipinski definition) is 0. The molecule has 0 radical (unpaired) electrons. The lowest BCUT2D eigenvalue weighted by Crippen LogP contribution is -2.44. The number of pyridine rings is 1. The fourth-order valence-corrected chi connectivity index (χ4v) is 4.85. The second-order valence-corrected chi connectivity index (χ2v) is 8.39. The summed E-state index contributed by atoms with van der Waals surface area (Å²) in [5.74, 6) is 0.935. The topological polar surface area (TPSA) is 28.6 Å². The van der Waals surface area contributed by atoms with Gasteiger partial charge in [-0.15, -0.1) is 0 Å². The van der Waals surface area contributed by atoms with Crippen molar-refractivity contribution in [2.24, 2.45) is 5.41 Å². The van der Waals surface area contributed by atoms with E-state index in [1.165, 1.54) is 56.7 Å². The summed E-state index contributed by atoms with van der Waals surface area (Å²) in [4.78, 5) is 9.97. The van der Waals surface area contributed by atoms with Crippen molar-refractivity contribution in [3.63, 3.8) is 0 Å². The molecule has 0 aliphatic carbocycles. The molecule has 2 saturated heterocycles. The molecule has 1 aromatic carbocycles. The normalized spacial score (nSPS) is 23.8. The molecule has 0 N–H and O–H groups in total. The second-order valence-electron chi connectivity index (χ2n) is 8.39. The van der Waals surface area contributed by atoms with Crippen LogP contribution in [0, 0.1) is 12.3 Å². The molecule has 1 atom stereocenters. The first-order valence-electron chi connectivity index (χ1n) is 10.1. The first-order chi connectivity index (χ1) is 13.1. The summed E-state index contributed by atoms with van der Waals surface area (Å²) in [6.45, 7) is 8.96. The van der Waals surface area contributed by atoms with Gasteiger partial charge in [-0.1, -0.05) is 18.2 Å². The van der Waals surface area contributed by atoms with Gasteiger partial charge in [0.2, 0.25) is 0 Å². The Kier molecular flexibility index (Phi) is 5.46. The Hall–Kier alpha value is -1.91. The zero-order valence-electron chi connectivity index (χ0n) is 16.7. The summed E-state index contributed by atoms with van der Waals surface area (Å²) in [6, 6.07) is 14.9. The summed E-state index contributed by atoms with van der Waals surface area (Å²) in [5.41, 5.74) is 4.17. The summed E-state index contributed by atoms with van der Waals surface area (Å²) < 4.78 is 5.27. The molecular formula is C23H31N3O. The van der Waals surface area contributed by atoms with E-state index in [9.17, 15) is 0 Å². The highest BCUT2D eigenvalue weighted by Crippen LogP contribution is 2.39. The van der Waals surface area contributed by atoms with Crippen LogP contribution in [0.4, 0.5) is 0 Å². The summed E-state index contributed by atoms with van der Waals surface area (Å²) >= 11 is 0. The second kappa shape index (κ2) is 7.99. The third kappa shape index (κ3) is 4.50. The number of methoxy groups -OCH3 is 1. The van der Waals surface area contributed by atoms with Crippen LogP contribution in [-0.4, -0.2) is 48.1 Å². The molecule has 1 aromatic heterocycles. The molecule has 0 unspecified atom stereocenters. The summed E-state index contributed by atoms with van der Waals surface area (Å²) in [6.07, 6.45) is 3.99. The Balaban J connectivity index is 1.35. The first-order valence-corrected chi connectivity index (χ1v) is 10.1. The first kappa shape index (κ1) is 18.5. The minimum Gasteiger partial charge on any atom is -0.497 e. The van der Waals surface area contributed by atoms with Gasteiger partial charge in [-0.05, 0) is 74.5 Å². The van der Waals surface area contributed by atoms with E-state index in [2.05, 4.69) is 59.2 Å². The van der Waals surface area contributed by atoms with E-state index in [1.807, 2.05) is 0 Å². The molecule has 2 aliphatic heterocycles. The van der Waals surface area contributed by atoms with Crippen molar-refractivity contribution in [3.05, 3.63) is 59.4 Å². The molecule has 2 aromatic rings. The van der Waals surface area contributed by atoms with Gasteiger partial charge >= 0.3 is 0 Å². The van der Waals surface area contributed by atoms with Crippen molar-refractivity contribution >= 4 is 0 Å². The Morgan fingerprint density at radius 3 is 2.48 bits per heavy atom. The number of aryl methyl sites for hydroxylation is 1. The van der Waals surface area contributed by atoms with Crippen LogP contribution in [0.15, 0.2) is 42.5 Å². The summed E-state index contributed by atoms with van der Waals surface area (Å²) in [5, 5.41) is 0. The van der Waals surface area contributed by atoms with E-state index in [1.54, 1.807) is 7.11 Å². The van der Waals surface area contributed by atoms with Gasteiger partial charge in [0.1, 0.15) is 5.75 Å². The molecule has 0 amide bonds. The minimum atomic E-state index is 0.467. The van der Waals surface area contributed by atoms with Gasteiger partial charge in [-0.2, -0.15) is 0 Å². The van der Waals surface area contributed by atoms with Crippen molar-refractivity contribution in [3.8, 4) is 5.75 Å². The number of benzene rings is 1. The smallest absolute Gasteiger partial charge is 0.118 e. The van der Waals surface area contributed by atoms with Gasteiger partial charge < -0.3 is 4.74 Å². The van der Waals surface area contributed by atoms with E-state index in [-0.39, 0.29) is 0 Å². The van der Waals surface area contributed by atoms with Crippen LogP contribution in [0.3, 0.4) is 0 Å². The molecule has 144 valence electrons. The van der Waals surface area contributed by atoms with Crippen molar-refractivity contribution in [2.75, 3.05) is 33.3 Å². The Bertz CT molecular complexity index is 760. The van der Waals surface area contributed by atoms with Crippen LogP contribution in [0.5, 0.6) is 5.75 Å². The third-order valence-corrected chi connectivity index (χ3v) is 6.15. The van der Waals surface area contributed by atoms with E-state index >= 15 is 0 Å². The molecule has 4 heteroatoms. The number of hydrogen-bond acceptors (Lipinski definition) is 4. The van der Waals surface area contributed by atoms with Crippen LogP contribution in [0.2, 0.25) is 0 Å². The average Bonchev–Trinajstić information content (AvgIpc) is 3.04. The molecule has 2 aliphatic rings. The highest BCUT2D eigenvalue weighted by atomic mass is 16.5. The van der Waals surface area contributed by atoms with Gasteiger partial charge in [0, 0.05) is 31.9 Å². The van der Waals surface area contributed by atoms with Crippen LogP contribution < -0.4 is 4.74 Å². The largest absolute Gasteiger partial charge is 0.497 e. The van der Waals surface area contributed by atoms with E-state index in [0.29, 0.717) is 5.41 Å². The SMILES string of the molecule is COc1ccc(CN2CC[C@@]3(CCCN(Cc4cccc(C)n4)C3)C2)cc1. The standard InChI is InChI=1S/C23H31N3O/c1-19-5-3-6-21(24-19)16-25-13-4-11-23(17-25)12-14-26(18-23)15-20-7-9-22(27-2)10-8-20/h3,5-10H,4,11-18H2,1-2H3/t23-/m1/s1. The molecule has 0 bridgehead atoms. The van der Waals surface area contributed by atoms with Crippen LogP contribution >= 0.6 is 0 Å². The minimum absolute atomic E-state index is 0.467. The highest BCUT2D eigenvalue weighted by molar-refractivity contribution is 5.27. The number of aromatic nitrogens is 1. The zero-order chi connectivity index (χ0) is 18.7. The Morgan fingerprint density at radius 1 is 0.963 bits per heavy atom. The fraction of sp³-hybridized carbons (Fsp3) is 0.522. The Morgan fingerprint density at radius 2 is 1.74 bits per heavy atom.